The quantitative estimate of drug-likeness (QED) is 0.704. The number of halogens is 1. The minimum atomic E-state index is -0.265. The molecule has 0 unspecified atom stereocenters. The number of nitrogens with zero attached hydrogens (tertiary/aromatic N) is 1. The number of carbonyl (C=O) groups excluding carboxylic acids is 1. The van der Waals surface area contributed by atoms with Gasteiger partial charge >= 0.3 is 5.97 Å². The van der Waals surface area contributed by atoms with Gasteiger partial charge in [0.25, 0.3) is 0 Å². The summed E-state index contributed by atoms with van der Waals surface area (Å²) >= 11 is 0. The third-order valence-electron chi connectivity index (χ3n) is 4.83. The van der Waals surface area contributed by atoms with Crippen molar-refractivity contribution < 1.29 is 9.53 Å². The third-order valence-corrected chi connectivity index (χ3v) is 4.83. The van der Waals surface area contributed by atoms with Crippen LogP contribution in [0.3, 0.4) is 0 Å². The van der Waals surface area contributed by atoms with Gasteiger partial charge in [-0.3, -0.25) is 0 Å². The van der Waals surface area contributed by atoms with Gasteiger partial charge in [0.2, 0.25) is 0 Å². The van der Waals surface area contributed by atoms with Crippen LogP contribution in [0.25, 0.3) is 22.0 Å². The molecule has 136 valence electrons. The van der Waals surface area contributed by atoms with Crippen molar-refractivity contribution in [3.63, 3.8) is 0 Å². The summed E-state index contributed by atoms with van der Waals surface area (Å²) in [6, 6.07) is 14.4. The molecule has 4 nitrogen and oxygen atoms in total. The number of aromatic nitrogens is 1. The van der Waals surface area contributed by atoms with Gasteiger partial charge in [0.15, 0.2) is 0 Å². The van der Waals surface area contributed by atoms with Crippen molar-refractivity contribution in [1.29, 1.82) is 0 Å². The standard InChI is InChI=1S/C21H22N2O2.ClH/c1-23(2)12-13-25-21(24)17-9-5-8-16-19-15-7-4-3-6-14(15)10-11-18(19)22-20(16)17;/h3-9,22H,10-13H2,1-2H3;1H. The number of aromatic amines is 1. The second kappa shape index (κ2) is 7.52. The number of benzene rings is 2. The predicted molar refractivity (Wildman–Crippen MR) is 107 cm³/mol. The molecular weight excluding hydrogens is 348 g/mol. The summed E-state index contributed by atoms with van der Waals surface area (Å²) in [5, 5.41) is 1.10. The molecule has 5 heteroatoms. The minimum absolute atomic E-state index is 0. The average molecular weight is 371 g/mol. The third kappa shape index (κ3) is 3.22. The summed E-state index contributed by atoms with van der Waals surface area (Å²) in [4.78, 5) is 18.0. The van der Waals surface area contributed by atoms with Gasteiger partial charge in [-0.25, -0.2) is 4.79 Å². The molecule has 0 radical (unpaired) electrons. The van der Waals surface area contributed by atoms with Crippen molar-refractivity contribution in [3.05, 3.63) is 59.3 Å². The van der Waals surface area contributed by atoms with Crippen LogP contribution in [0.2, 0.25) is 0 Å². The maximum Gasteiger partial charge on any atom is 0.340 e. The number of hydrogen-bond acceptors (Lipinski definition) is 3. The van der Waals surface area contributed by atoms with Gasteiger partial charge in [0.05, 0.1) is 11.1 Å². The van der Waals surface area contributed by atoms with Gasteiger partial charge < -0.3 is 14.6 Å². The number of rotatable bonds is 4. The second-order valence-electron chi connectivity index (χ2n) is 6.80. The maximum atomic E-state index is 12.5. The van der Waals surface area contributed by atoms with Gasteiger partial charge in [0, 0.05) is 23.2 Å². The molecule has 1 N–H and O–H groups in total. The van der Waals surface area contributed by atoms with E-state index in [4.69, 9.17) is 4.74 Å². The lowest BCUT2D eigenvalue weighted by Crippen LogP contribution is -2.20. The zero-order chi connectivity index (χ0) is 17.4. The van der Waals surface area contributed by atoms with Crippen LogP contribution in [0.4, 0.5) is 0 Å². The molecule has 26 heavy (non-hydrogen) atoms. The van der Waals surface area contributed by atoms with E-state index in [1.165, 1.54) is 22.4 Å². The van der Waals surface area contributed by atoms with E-state index in [1.807, 2.05) is 31.1 Å². The summed E-state index contributed by atoms with van der Waals surface area (Å²) in [6.07, 6.45) is 1.99. The number of ether oxygens (including phenoxy) is 1. The van der Waals surface area contributed by atoms with Crippen molar-refractivity contribution in [1.82, 2.24) is 9.88 Å². The number of fused-ring (bicyclic) bond motifs is 5. The molecule has 3 aromatic rings. The van der Waals surface area contributed by atoms with E-state index in [0.29, 0.717) is 12.2 Å². The maximum absolute atomic E-state index is 12.5. The van der Waals surface area contributed by atoms with E-state index in [9.17, 15) is 4.79 Å². The normalized spacial score (nSPS) is 12.4. The van der Waals surface area contributed by atoms with Gasteiger partial charge in [-0.1, -0.05) is 36.4 Å². The number of para-hydroxylation sites is 1. The molecule has 0 spiro atoms. The van der Waals surface area contributed by atoms with E-state index in [-0.39, 0.29) is 18.4 Å². The molecule has 1 aliphatic carbocycles. The highest BCUT2D eigenvalue weighted by molar-refractivity contribution is 6.09. The Morgan fingerprint density at radius 2 is 1.92 bits per heavy atom. The van der Waals surface area contributed by atoms with Crippen molar-refractivity contribution in [2.75, 3.05) is 27.2 Å². The smallest absolute Gasteiger partial charge is 0.340 e. The molecule has 1 aromatic heterocycles. The van der Waals surface area contributed by atoms with Crippen LogP contribution in [0.1, 0.15) is 21.6 Å². The number of H-pyrrole nitrogens is 1. The van der Waals surface area contributed by atoms with Crippen molar-refractivity contribution in [2.45, 2.75) is 12.8 Å². The molecule has 1 heterocycles. The molecule has 0 amide bonds. The lowest BCUT2D eigenvalue weighted by molar-refractivity contribution is 0.0484. The van der Waals surface area contributed by atoms with Crippen LogP contribution in [0, 0.1) is 0 Å². The molecule has 0 bridgehead atoms. The summed E-state index contributed by atoms with van der Waals surface area (Å²) in [6.45, 7) is 1.11. The predicted octanol–water partition coefficient (Wildman–Crippen LogP) is 4.07. The number of esters is 1. The fourth-order valence-electron chi connectivity index (χ4n) is 3.58. The molecule has 0 atom stereocenters. The zero-order valence-electron chi connectivity index (χ0n) is 15.0. The second-order valence-corrected chi connectivity index (χ2v) is 6.80. The fourth-order valence-corrected chi connectivity index (χ4v) is 3.58. The number of likely N-dealkylation sites (N-methyl/N-ethyl adjacent to an activating group) is 1. The van der Waals surface area contributed by atoms with Crippen LogP contribution >= 0.6 is 12.4 Å². The first-order valence-electron chi connectivity index (χ1n) is 8.69. The first-order chi connectivity index (χ1) is 12.1. The molecular formula is C21H23ClN2O2. The molecule has 0 fully saturated rings. The number of hydrogen-bond donors (Lipinski definition) is 1. The highest BCUT2D eigenvalue weighted by atomic mass is 35.5. The van der Waals surface area contributed by atoms with Crippen LogP contribution in [-0.4, -0.2) is 43.1 Å². The number of aryl methyl sites for hydroxylation is 2. The summed E-state index contributed by atoms with van der Waals surface area (Å²) in [5.74, 6) is -0.265. The first kappa shape index (κ1) is 18.5. The van der Waals surface area contributed by atoms with E-state index in [0.717, 1.165) is 30.3 Å². The van der Waals surface area contributed by atoms with E-state index >= 15 is 0 Å². The Hall–Kier alpha value is -2.30. The van der Waals surface area contributed by atoms with Gasteiger partial charge in [-0.05, 0) is 44.1 Å². The zero-order valence-corrected chi connectivity index (χ0v) is 15.9. The highest BCUT2D eigenvalue weighted by Crippen LogP contribution is 2.39. The molecule has 0 saturated heterocycles. The Kier molecular flexibility index (Phi) is 5.35. The van der Waals surface area contributed by atoms with Gasteiger partial charge in [-0.2, -0.15) is 0 Å². The minimum Gasteiger partial charge on any atom is -0.461 e. The lowest BCUT2D eigenvalue weighted by atomic mass is 9.88. The number of nitrogens with one attached hydrogen (secondary N) is 1. The number of carbonyl (C=O) groups is 1. The van der Waals surface area contributed by atoms with E-state index < -0.39 is 0 Å². The highest BCUT2D eigenvalue weighted by Gasteiger charge is 2.23. The average Bonchev–Trinajstić information content (AvgIpc) is 3.00. The largest absolute Gasteiger partial charge is 0.461 e. The SMILES string of the molecule is CN(C)CCOC(=O)c1cccc2c3c([nH]c12)CCc1ccccc1-3.Cl. The van der Waals surface area contributed by atoms with Crippen molar-refractivity contribution in [2.24, 2.45) is 0 Å². The van der Waals surface area contributed by atoms with E-state index in [2.05, 4.69) is 35.3 Å². The van der Waals surface area contributed by atoms with Gasteiger partial charge in [0.1, 0.15) is 6.61 Å². The Morgan fingerprint density at radius 3 is 2.73 bits per heavy atom. The first-order valence-corrected chi connectivity index (χ1v) is 8.69. The summed E-state index contributed by atoms with van der Waals surface area (Å²) in [5.41, 5.74) is 6.59. The molecule has 2 aromatic carbocycles. The molecule has 4 rings (SSSR count). The van der Waals surface area contributed by atoms with Gasteiger partial charge in [-0.15, -0.1) is 12.4 Å². The van der Waals surface area contributed by atoms with Crippen LogP contribution in [0.15, 0.2) is 42.5 Å². The van der Waals surface area contributed by atoms with Crippen molar-refractivity contribution in [3.8, 4) is 11.1 Å². The molecule has 1 aliphatic rings. The monoisotopic (exact) mass is 370 g/mol. The summed E-state index contributed by atoms with van der Waals surface area (Å²) in [7, 11) is 3.93. The molecule has 0 aliphatic heterocycles. The summed E-state index contributed by atoms with van der Waals surface area (Å²) < 4.78 is 5.45. The van der Waals surface area contributed by atoms with Crippen LogP contribution in [-0.2, 0) is 17.6 Å². The van der Waals surface area contributed by atoms with Crippen LogP contribution in [0.5, 0.6) is 0 Å². The Labute approximate surface area is 159 Å². The molecule has 0 saturated carbocycles. The van der Waals surface area contributed by atoms with Crippen LogP contribution < -0.4 is 0 Å². The van der Waals surface area contributed by atoms with Crippen molar-refractivity contribution >= 4 is 29.3 Å². The van der Waals surface area contributed by atoms with E-state index in [1.54, 1.807) is 0 Å². The Bertz CT molecular complexity index is 946. The Balaban J connectivity index is 0.00000196. The lowest BCUT2D eigenvalue weighted by Gasteiger charge is -2.16. The fraction of sp³-hybridized carbons (Fsp3) is 0.286. The topological polar surface area (TPSA) is 45.3 Å². The Morgan fingerprint density at radius 1 is 1.12 bits per heavy atom.